The Bertz CT molecular complexity index is 1160. The van der Waals surface area contributed by atoms with E-state index in [0.29, 0.717) is 12.2 Å². The average molecular weight is 434 g/mol. The standard InChI is InChI=1S/C21H16BrN5O/c22-15-2-1-3-17(11-15)25-20-18-10-14(6-9-19(18)26-21(23)27-20)13-4-7-16(8-5-13)24-12-28/h1-12H,(H,24,28)(H3,23,25,26,27). The maximum atomic E-state index is 10.6. The number of nitrogen functional groups attached to an aromatic ring is 1. The Morgan fingerprint density at radius 2 is 1.68 bits per heavy atom. The quantitative estimate of drug-likeness (QED) is 0.387. The summed E-state index contributed by atoms with van der Waals surface area (Å²) in [7, 11) is 0. The minimum absolute atomic E-state index is 0.210. The smallest absolute Gasteiger partial charge is 0.222 e. The lowest BCUT2D eigenvalue weighted by Gasteiger charge is -2.11. The maximum absolute atomic E-state index is 10.6. The number of amides is 1. The molecule has 4 rings (SSSR count). The number of rotatable bonds is 5. The molecule has 1 amide bonds. The monoisotopic (exact) mass is 433 g/mol. The second kappa shape index (κ2) is 7.66. The molecule has 0 aliphatic rings. The summed E-state index contributed by atoms with van der Waals surface area (Å²) in [5.74, 6) is 0.851. The van der Waals surface area contributed by atoms with Gasteiger partial charge in [0.1, 0.15) is 5.82 Å². The molecular weight excluding hydrogens is 418 g/mol. The van der Waals surface area contributed by atoms with Crippen molar-refractivity contribution in [1.82, 2.24) is 9.97 Å². The first-order valence-corrected chi connectivity index (χ1v) is 9.32. The third-order valence-electron chi connectivity index (χ3n) is 4.24. The number of aromatic nitrogens is 2. The fourth-order valence-electron chi connectivity index (χ4n) is 2.95. The summed E-state index contributed by atoms with van der Waals surface area (Å²) in [6, 6.07) is 21.4. The predicted molar refractivity (Wildman–Crippen MR) is 116 cm³/mol. The zero-order valence-electron chi connectivity index (χ0n) is 14.7. The molecule has 4 aromatic rings. The van der Waals surface area contributed by atoms with Crippen LogP contribution in [0.15, 0.2) is 71.2 Å². The van der Waals surface area contributed by atoms with Crippen molar-refractivity contribution in [3.8, 4) is 11.1 Å². The highest BCUT2D eigenvalue weighted by molar-refractivity contribution is 9.10. The van der Waals surface area contributed by atoms with Gasteiger partial charge in [-0.15, -0.1) is 0 Å². The van der Waals surface area contributed by atoms with Crippen LogP contribution in [0.2, 0.25) is 0 Å². The van der Waals surface area contributed by atoms with Gasteiger partial charge in [0.05, 0.1) is 5.52 Å². The van der Waals surface area contributed by atoms with E-state index in [1.165, 1.54) is 0 Å². The summed E-state index contributed by atoms with van der Waals surface area (Å²) in [6.07, 6.45) is 0.659. The topological polar surface area (TPSA) is 92.9 Å². The zero-order chi connectivity index (χ0) is 19.5. The number of nitrogens with two attached hydrogens (primary N) is 1. The zero-order valence-corrected chi connectivity index (χ0v) is 16.3. The van der Waals surface area contributed by atoms with Gasteiger partial charge < -0.3 is 16.4 Å². The van der Waals surface area contributed by atoms with Crippen molar-refractivity contribution in [2.75, 3.05) is 16.4 Å². The lowest BCUT2D eigenvalue weighted by atomic mass is 10.0. The number of benzene rings is 3. The van der Waals surface area contributed by atoms with Crippen LogP contribution in [0.1, 0.15) is 0 Å². The Hall–Kier alpha value is -3.45. The van der Waals surface area contributed by atoms with E-state index in [0.717, 1.165) is 37.9 Å². The maximum Gasteiger partial charge on any atom is 0.222 e. The molecule has 0 saturated carbocycles. The van der Waals surface area contributed by atoms with E-state index < -0.39 is 0 Å². The Morgan fingerprint density at radius 1 is 0.893 bits per heavy atom. The van der Waals surface area contributed by atoms with E-state index in [1.54, 1.807) is 0 Å². The van der Waals surface area contributed by atoms with Crippen molar-refractivity contribution in [2.45, 2.75) is 0 Å². The molecule has 28 heavy (non-hydrogen) atoms. The Kier molecular flexibility index (Phi) is 4.90. The molecule has 7 heteroatoms. The van der Waals surface area contributed by atoms with Crippen LogP contribution in [0.4, 0.5) is 23.1 Å². The SMILES string of the molecule is Nc1nc(Nc2cccc(Br)c2)c2cc(-c3ccc(NC=O)cc3)ccc2n1. The Balaban J connectivity index is 1.77. The first kappa shape index (κ1) is 17.9. The van der Waals surface area contributed by atoms with Gasteiger partial charge in [-0.25, -0.2) is 4.98 Å². The van der Waals surface area contributed by atoms with Gasteiger partial charge in [0.25, 0.3) is 0 Å². The lowest BCUT2D eigenvalue weighted by molar-refractivity contribution is -0.105. The minimum Gasteiger partial charge on any atom is -0.368 e. The molecule has 0 aliphatic carbocycles. The third kappa shape index (κ3) is 3.79. The molecule has 0 spiro atoms. The molecule has 0 fully saturated rings. The number of anilines is 4. The predicted octanol–water partition coefficient (Wildman–Crippen LogP) is 4.95. The highest BCUT2D eigenvalue weighted by Crippen LogP contribution is 2.30. The van der Waals surface area contributed by atoms with Gasteiger partial charge in [0, 0.05) is 21.2 Å². The van der Waals surface area contributed by atoms with Crippen molar-refractivity contribution >= 4 is 56.4 Å². The average Bonchev–Trinajstić information content (AvgIpc) is 2.69. The van der Waals surface area contributed by atoms with Gasteiger partial charge in [0.15, 0.2) is 0 Å². The number of carbonyl (C=O) groups is 1. The highest BCUT2D eigenvalue weighted by atomic mass is 79.9. The van der Waals surface area contributed by atoms with E-state index in [1.807, 2.05) is 66.7 Å². The van der Waals surface area contributed by atoms with Crippen LogP contribution in [0.25, 0.3) is 22.0 Å². The lowest BCUT2D eigenvalue weighted by Crippen LogP contribution is -2.01. The van der Waals surface area contributed by atoms with Crippen LogP contribution in [0.5, 0.6) is 0 Å². The largest absolute Gasteiger partial charge is 0.368 e. The molecule has 4 N–H and O–H groups in total. The number of hydrogen-bond donors (Lipinski definition) is 3. The van der Waals surface area contributed by atoms with Crippen molar-refractivity contribution in [3.05, 3.63) is 71.2 Å². The van der Waals surface area contributed by atoms with Crippen LogP contribution in [-0.2, 0) is 4.79 Å². The number of nitrogens with one attached hydrogen (secondary N) is 2. The van der Waals surface area contributed by atoms with Gasteiger partial charge in [-0.3, -0.25) is 4.79 Å². The third-order valence-corrected chi connectivity index (χ3v) is 4.74. The molecule has 6 nitrogen and oxygen atoms in total. The Labute approximate surface area is 170 Å². The molecule has 0 atom stereocenters. The molecule has 138 valence electrons. The van der Waals surface area contributed by atoms with Crippen LogP contribution in [-0.4, -0.2) is 16.4 Å². The van der Waals surface area contributed by atoms with E-state index in [9.17, 15) is 4.79 Å². The summed E-state index contributed by atoms with van der Waals surface area (Å²) in [6.45, 7) is 0. The van der Waals surface area contributed by atoms with E-state index in [-0.39, 0.29) is 5.95 Å². The number of carbonyl (C=O) groups excluding carboxylic acids is 1. The van der Waals surface area contributed by atoms with E-state index >= 15 is 0 Å². The molecule has 0 bridgehead atoms. The van der Waals surface area contributed by atoms with E-state index in [4.69, 9.17) is 5.73 Å². The second-order valence-electron chi connectivity index (χ2n) is 6.14. The molecular formula is C21H16BrN5O. The normalized spacial score (nSPS) is 10.6. The summed E-state index contributed by atoms with van der Waals surface area (Å²) in [4.78, 5) is 19.3. The van der Waals surface area contributed by atoms with Crippen molar-refractivity contribution in [3.63, 3.8) is 0 Å². The molecule has 0 aliphatic heterocycles. The van der Waals surface area contributed by atoms with Crippen molar-refractivity contribution in [1.29, 1.82) is 0 Å². The van der Waals surface area contributed by atoms with Gasteiger partial charge >= 0.3 is 0 Å². The van der Waals surface area contributed by atoms with E-state index in [2.05, 4.69) is 36.5 Å². The van der Waals surface area contributed by atoms with Crippen molar-refractivity contribution in [2.24, 2.45) is 0 Å². The Morgan fingerprint density at radius 3 is 2.43 bits per heavy atom. The van der Waals surface area contributed by atoms with Crippen LogP contribution < -0.4 is 16.4 Å². The minimum atomic E-state index is 0.210. The summed E-state index contributed by atoms with van der Waals surface area (Å²) in [5, 5.41) is 6.82. The first-order valence-electron chi connectivity index (χ1n) is 8.53. The number of nitrogens with zero attached hydrogens (tertiary/aromatic N) is 2. The number of fused-ring (bicyclic) bond motifs is 1. The molecule has 0 unspecified atom stereocenters. The second-order valence-corrected chi connectivity index (χ2v) is 7.05. The van der Waals surface area contributed by atoms with Gasteiger partial charge in [-0.2, -0.15) is 4.98 Å². The molecule has 1 heterocycles. The summed E-state index contributed by atoms with van der Waals surface area (Å²) >= 11 is 3.47. The van der Waals surface area contributed by atoms with Gasteiger partial charge in [-0.1, -0.05) is 40.2 Å². The van der Waals surface area contributed by atoms with Crippen LogP contribution >= 0.6 is 15.9 Å². The van der Waals surface area contributed by atoms with Crippen LogP contribution in [0, 0.1) is 0 Å². The summed E-state index contributed by atoms with van der Waals surface area (Å²) in [5.41, 5.74) is 10.3. The van der Waals surface area contributed by atoms with Gasteiger partial charge in [0.2, 0.25) is 12.4 Å². The highest BCUT2D eigenvalue weighted by Gasteiger charge is 2.09. The number of hydrogen-bond acceptors (Lipinski definition) is 5. The summed E-state index contributed by atoms with van der Waals surface area (Å²) < 4.78 is 0.966. The number of halogens is 1. The molecule has 1 aromatic heterocycles. The molecule has 0 radical (unpaired) electrons. The fraction of sp³-hybridized carbons (Fsp3) is 0. The van der Waals surface area contributed by atoms with Crippen LogP contribution in [0.3, 0.4) is 0 Å². The molecule has 0 saturated heterocycles. The van der Waals surface area contributed by atoms with Gasteiger partial charge in [-0.05, 0) is 53.6 Å². The first-order chi connectivity index (χ1) is 13.6. The fourth-order valence-corrected chi connectivity index (χ4v) is 3.35. The van der Waals surface area contributed by atoms with Crippen molar-refractivity contribution < 1.29 is 4.79 Å². The molecule has 3 aromatic carbocycles.